The number of ether oxygens (including phenoxy) is 1. The van der Waals surface area contributed by atoms with Gasteiger partial charge in [0.2, 0.25) is 0 Å². The minimum Gasteiger partial charge on any atom is -0.494 e. The zero-order chi connectivity index (χ0) is 22.6. The largest absolute Gasteiger partial charge is 0.494 e. The molecule has 0 saturated carbocycles. The fourth-order valence-corrected chi connectivity index (χ4v) is 3.84. The van der Waals surface area contributed by atoms with Gasteiger partial charge in [-0.25, -0.2) is 0 Å². The maximum Gasteiger partial charge on any atom is 0.185 e. The van der Waals surface area contributed by atoms with Crippen molar-refractivity contribution in [2.45, 2.75) is 45.4 Å². The lowest BCUT2D eigenvalue weighted by molar-refractivity contribution is 0.104. The average molecular weight is 538 g/mol. The molecule has 0 bridgehead atoms. The summed E-state index contributed by atoms with van der Waals surface area (Å²) in [5.74, 6) is 0.943. The van der Waals surface area contributed by atoms with Crippen LogP contribution < -0.4 is 4.74 Å². The number of unbranched alkanes of at least 4 members (excludes halogenated alkanes) is 5. The van der Waals surface area contributed by atoms with E-state index in [-0.39, 0.29) is 5.78 Å². The van der Waals surface area contributed by atoms with Gasteiger partial charge in [0.15, 0.2) is 5.78 Å². The number of carbonyl (C=O) groups is 1. The Morgan fingerprint density at radius 3 is 2.03 bits per heavy atom. The summed E-state index contributed by atoms with van der Waals surface area (Å²) in [6.07, 6.45) is 11.1. The van der Waals surface area contributed by atoms with Gasteiger partial charge >= 0.3 is 0 Å². The summed E-state index contributed by atoms with van der Waals surface area (Å²) in [7, 11) is 0. The second-order valence-corrected chi connectivity index (χ2v) is 9.21. The average Bonchev–Trinajstić information content (AvgIpc) is 2.83. The highest BCUT2D eigenvalue weighted by Gasteiger charge is 2.02. The smallest absolute Gasteiger partial charge is 0.185 e. The second-order valence-electron chi connectivity index (χ2n) is 7.97. The molecular formula is C29H31IO2. The third-order valence-electron chi connectivity index (χ3n) is 5.42. The topological polar surface area (TPSA) is 26.3 Å². The van der Waals surface area contributed by atoms with Crippen molar-refractivity contribution in [1.82, 2.24) is 0 Å². The van der Waals surface area contributed by atoms with Gasteiger partial charge in [-0.15, -0.1) is 0 Å². The van der Waals surface area contributed by atoms with Gasteiger partial charge in [-0.1, -0.05) is 93.6 Å². The fourth-order valence-electron chi connectivity index (χ4n) is 3.48. The third kappa shape index (κ3) is 7.94. The van der Waals surface area contributed by atoms with Gasteiger partial charge in [0.25, 0.3) is 0 Å². The van der Waals surface area contributed by atoms with Gasteiger partial charge in [0.05, 0.1) is 6.61 Å². The molecule has 3 heteroatoms. The van der Waals surface area contributed by atoms with E-state index in [1.807, 2.05) is 54.6 Å². The highest BCUT2D eigenvalue weighted by atomic mass is 127. The number of hydrogen-bond acceptors (Lipinski definition) is 2. The van der Waals surface area contributed by atoms with E-state index >= 15 is 0 Å². The number of rotatable bonds is 12. The Morgan fingerprint density at radius 2 is 1.38 bits per heavy atom. The summed E-state index contributed by atoms with van der Waals surface area (Å²) < 4.78 is 7.00. The first-order valence-electron chi connectivity index (χ1n) is 11.5. The Morgan fingerprint density at radius 1 is 0.781 bits per heavy atom. The van der Waals surface area contributed by atoms with E-state index in [1.54, 1.807) is 6.08 Å². The molecule has 0 aromatic heterocycles. The number of hydrogen-bond donors (Lipinski definition) is 0. The highest BCUT2D eigenvalue weighted by Crippen LogP contribution is 2.23. The zero-order valence-corrected chi connectivity index (χ0v) is 20.9. The van der Waals surface area contributed by atoms with Crippen LogP contribution in [0.25, 0.3) is 17.2 Å². The molecule has 0 N–H and O–H groups in total. The summed E-state index contributed by atoms with van der Waals surface area (Å²) in [5.41, 5.74) is 4.01. The van der Waals surface area contributed by atoms with Crippen LogP contribution in [-0.2, 0) is 0 Å². The van der Waals surface area contributed by atoms with Gasteiger partial charge in [-0.2, -0.15) is 0 Å². The zero-order valence-electron chi connectivity index (χ0n) is 18.7. The molecule has 3 aromatic rings. The Labute approximate surface area is 205 Å². The molecule has 0 fully saturated rings. The lowest BCUT2D eigenvalue weighted by Crippen LogP contribution is -1.97. The molecule has 0 heterocycles. The fraction of sp³-hybridized carbons (Fsp3) is 0.276. The van der Waals surface area contributed by atoms with Crippen molar-refractivity contribution in [3.8, 4) is 16.9 Å². The maximum absolute atomic E-state index is 12.3. The summed E-state index contributed by atoms with van der Waals surface area (Å²) in [5, 5.41) is 0. The monoisotopic (exact) mass is 538 g/mol. The number of halogens is 1. The van der Waals surface area contributed by atoms with Crippen LogP contribution in [0.1, 0.15) is 61.4 Å². The van der Waals surface area contributed by atoms with Gasteiger partial charge in [-0.05, 0) is 76.0 Å². The molecule has 2 nitrogen and oxygen atoms in total. The van der Waals surface area contributed by atoms with Crippen molar-refractivity contribution in [3.05, 3.63) is 93.6 Å². The molecule has 32 heavy (non-hydrogen) atoms. The van der Waals surface area contributed by atoms with E-state index in [9.17, 15) is 4.79 Å². The molecule has 0 amide bonds. The molecule has 0 aliphatic carbocycles. The Bertz CT molecular complexity index is 987. The first-order chi connectivity index (χ1) is 15.7. The lowest BCUT2D eigenvalue weighted by atomic mass is 10.0. The number of benzene rings is 3. The number of carbonyl (C=O) groups excluding carboxylic acids is 1. The predicted molar refractivity (Wildman–Crippen MR) is 143 cm³/mol. The van der Waals surface area contributed by atoms with Crippen LogP contribution in [0.2, 0.25) is 0 Å². The van der Waals surface area contributed by atoms with E-state index in [4.69, 9.17) is 4.74 Å². The molecular weight excluding hydrogens is 507 g/mol. The summed E-state index contributed by atoms with van der Waals surface area (Å²) in [4.78, 5) is 12.3. The summed E-state index contributed by atoms with van der Waals surface area (Å²) in [6.45, 7) is 3.03. The second kappa shape index (κ2) is 13.2. The van der Waals surface area contributed by atoms with Crippen LogP contribution >= 0.6 is 22.6 Å². The van der Waals surface area contributed by atoms with E-state index in [0.717, 1.165) is 39.0 Å². The Balaban J connectivity index is 1.49. The van der Waals surface area contributed by atoms with E-state index in [0.29, 0.717) is 5.56 Å². The minimum atomic E-state index is 0.0158. The van der Waals surface area contributed by atoms with E-state index in [2.05, 4.69) is 53.8 Å². The first-order valence-corrected chi connectivity index (χ1v) is 12.5. The molecule has 3 aromatic carbocycles. The quantitative estimate of drug-likeness (QED) is 0.0999. The standard InChI is InChI=1S/C29H31IO2/c1-2-3-4-5-6-7-22-32-28-19-15-25(16-20-28)24-11-8-23(9-12-24)10-21-29(31)26-13-17-27(30)18-14-26/h8-21H,2-7,22H2,1H3/b21-10+. The molecule has 0 aliphatic heterocycles. The molecule has 0 radical (unpaired) electrons. The number of allylic oxidation sites excluding steroid dienone is 1. The normalized spacial score (nSPS) is 11.1. The maximum atomic E-state index is 12.3. The van der Waals surface area contributed by atoms with Crippen LogP contribution in [0.15, 0.2) is 78.9 Å². The van der Waals surface area contributed by atoms with Gasteiger partial charge in [0, 0.05) is 9.13 Å². The summed E-state index contributed by atoms with van der Waals surface area (Å²) >= 11 is 2.24. The lowest BCUT2D eigenvalue weighted by Gasteiger charge is -2.08. The third-order valence-corrected chi connectivity index (χ3v) is 6.14. The summed E-state index contributed by atoms with van der Waals surface area (Å²) in [6, 6.07) is 24.1. The molecule has 166 valence electrons. The van der Waals surface area contributed by atoms with E-state index in [1.165, 1.54) is 32.1 Å². The molecule has 0 aliphatic rings. The van der Waals surface area contributed by atoms with Crippen molar-refractivity contribution in [3.63, 3.8) is 0 Å². The Hall–Kier alpha value is -2.40. The predicted octanol–water partition coefficient (Wildman–Crippen LogP) is 8.59. The molecule has 0 spiro atoms. The SMILES string of the molecule is CCCCCCCCOc1ccc(-c2ccc(/C=C/C(=O)c3ccc(I)cc3)cc2)cc1. The Kier molecular flexibility index (Phi) is 10.0. The van der Waals surface area contributed by atoms with Gasteiger partial charge in [0.1, 0.15) is 5.75 Å². The van der Waals surface area contributed by atoms with Crippen LogP contribution in [0.5, 0.6) is 5.75 Å². The molecule has 3 rings (SSSR count). The minimum absolute atomic E-state index is 0.0158. The van der Waals surface area contributed by atoms with Gasteiger partial charge < -0.3 is 4.74 Å². The molecule has 0 saturated heterocycles. The van der Waals surface area contributed by atoms with Crippen LogP contribution in [0.3, 0.4) is 0 Å². The van der Waals surface area contributed by atoms with Crippen molar-refractivity contribution >= 4 is 34.5 Å². The highest BCUT2D eigenvalue weighted by molar-refractivity contribution is 14.1. The first kappa shape index (κ1) is 24.2. The van der Waals surface area contributed by atoms with Crippen molar-refractivity contribution in [2.75, 3.05) is 6.61 Å². The van der Waals surface area contributed by atoms with Gasteiger partial charge in [-0.3, -0.25) is 4.79 Å². The molecule has 0 unspecified atom stereocenters. The van der Waals surface area contributed by atoms with Crippen molar-refractivity contribution in [1.29, 1.82) is 0 Å². The number of ketones is 1. The van der Waals surface area contributed by atoms with Crippen molar-refractivity contribution in [2.24, 2.45) is 0 Å². The van der Waals surface area contributed by atoms with Crippen molar-refractivity contribution < 1.29 is 9.53 Å². The van der Waals surface area contributed by atoms with Crippen LogP contribution in [0.4, 0.5) is 0 Å². The van der Waals surface area contributed by atoms with Crippen LogP contribution in [0, 0.1) is 3.57 Å². The van der Waals surface area contributed by atoms with Crippen LogP contribution in [-0.4, -0.2) is 12.4 Å². The van der Waals surface area contributed by atoms with E-state index < -0.39 is 0 Å². The molecule has 0 atom stereocenters.